The normalized spacial score (nSPS) is 12.1. The molecule has 1 aromatic heterocycles. The van der Waals surface area contributed by atoms with Crippen molar-refractivity contribution in [1.82, 2.24) is 14.9 Å². The van der Waals surface area contributed by atoms with Crippen LogP contribution >= 0.6 is 0 Å². The first-order valence-corrected chi connectivity index (χ1v) is 6.61. The number of nitrogens with one attached hydrogen (secondary N) is 1. The van der Waals surface area contributed by atoms with Crippen LogP contribution in [0, 0.1) is 0 Å². The number of ether oxygens (including phenoxy) is 1. The molecule has 20 heavy (non-hydrogen) atoms. The molecule has 0 saturated carbocycles. The van der Waals surface area contributed by atoms with E-state index in [2.05, 4.69) is 17.2 Å². The van der Waals surface area contributed by atoms with E-state index in [4.69, 9.17) is 4.74 Å². The van der Waals surface area contributed by atoms with Gasteiger partial charge in [0, 0.05) is 19.3 Å². The van der Waals surface area contributed by atoms with Gasteiger partial charge in [0.05, 0.1) is 19.1 Å². The molecule has 5 nitrogen and oxygen atoms in total. The molecule has 0 saturated heterocycles. The Morgan fingerprint density at radius 3 is 2.80 bits per heavy atom. The lowest BCUT2D eigenvalue weighted by Gasteiger charge is -2.17. The molecule has 0 fully saturated rings. The number of hydrogen-bond donors (Lipinski definition) is 1. The quantitative estimate of drug-likeness (QED) is 0.817. The molecule has 0 aliphatic heterocycles. The number of aromatic nitrogens is 2. The first-order chi connectivity index (χ1) is 9.76. The zero-order chi connectivity index (χ0) is 14.4. The molecular formula is C15H19N3O2. The molecular weight excluding hydrogens is 254 g/mol. The SMILES string of the molecule is CCn1cncc1CNC(C(=O)OC)c1ccccc1. The molecule has 1 unspecified atom stereocenters. The van der Waals surface area contributed by atoms with E-state index in [1.54, 1.807) is 12.5 Å². The summed E-state index contributed by atoms with van der Waals surface area (Å²) in [6.07, 6.45) is 3.59. The van der Waals surface area contributed by atoms with Gasteiger partial charge in [-0.05, 0) is 12.5 Å². The number of carbonyl (C=O) groups is 1. The van der Waals surface area contributed by atoms with Gasteiger partial charge in [-0.2, -0.15) is 0 Å². The predicted octanol–water partition coefficient (Wildman–Crippen LogP) is 1.91. The summed E-state index contributed by atoms with van der Waals surface area (Å²) in [5.74, 6) is -0.293. The first-order valence-electron chi connectivity index (χ1n) is 6.61. The number of hydrogen-bond acceptors (Lipinski definition) is 4. The Bertz CT molecular complexity index is 551. The van der Waals surface area contributed by atoms with Gasteiger partial charge in [-0.25, -0.2) is 9.78 Å². The number of nitrogens with zero attached hydrogens (tertiary/aromatic N) is 2. The van der Waals surface area contributed by atoms with Gasteiger partial charge in [-0.15, -0.1) is 0 Å². The Hall–Kier alpha value is -2.14. The summed E-state index contributed by atoms with van der Waals surface area (Å²) >= 11 is 0. The number of aryl methyl sites for hydroxylation is 1. The minimum Gasteiger partial charge on any atom is -0.468 e. The molecule has 0 amide bonds. The molecule has 5 heteroatoms. The average molecular weight is 273 g/mol. The summed E-state index contributed by atoms with van der Waals surface area (Å²) < 4.78 is 6.90. The van der Waals surface area contributed by atoms with Gasteiger partial charge in [0.2, 0.25) is 0 Å². The second kappa shape index (κ2) is 6.86. The van der Waals surface area contributed by atoms with E-state index < -0.39 is 6.04 Å². The van der Waals surface area contributed by atoms with Crippen LogP contribution < -0.4 is 5.32 Å². The standard InChI is InChI=1S/C15H19N3O2/c1-3-18-11-16-9-13(18)10-17-14(15(19)20-2)12-7-5-4-6-8-12/h4-9,11,14,17H,3,10H2,1-2H3. The van der Waals surface area contributed by atoms with Crippen molar-refractivity contribution < 1.29 is 9.53 Å². The van der Waals surface area contributed by atoms with Crippen molar-refractivity contribution in [3.8, 4) is 0 Å². The predicted molar refractivity (Wildman–Crippen MR) is 75.9 cm³/mol. The largest absolute Gasteiger partial charge is 0.468 e. The molecule has 1 aromatic carbocycles. The summed E-state index contributed by atoms with van der Waals surface area (Å²) in [7, 11) is 1.40. The number of benzene rings is 1. The lowest BCUT2D eigenvalue weighted by Crippen LogP contribution is -2.29. The van der Waals surface area contributed by atoms with E-state index in [0.717, 1.165) is 17.8 Å². The molecule has 1 heterocycles. The summed E-state index contributed by atoms with van der Waals surface area (Å²) in [5.41, 5.74) is 1.93. The Morgan fingerprint density at radius 1 is 1.40 bits per heavy atom. The zero-order valence-electron chi connectivity index (χ0n) is 11.7. The smallest absolute Gasteiger partial charge is 0.327 e. The maximum Gasteiger partial charge on any atom is 0.327 e. The Kier molecular flexibility index (Phi) is 4.90. The molecule has 2 aromatic rings. The third-order valence-corrected chi connectivity index (χ3v) is 3.20. The van der Waals surface area contributed by atoms with Crippen LogP contribution in [0.2, 0.25) is 0 Å². The third-order valence-electron chi connectivity index (χ3n) is 3.20. The molecule has 0 aliphatic rings. The monoisotopic (exact) mass is 273 g/mol. The van der Waals surface area contributed by atoms with Gasteiger partial charge in [0.1, 0.15) is 6.04 Å². The average Bonchev–Trinajstić information content (AvgIpc) is 2.95. The highest BCUT2D eigenvalue weighted by Gasteiger charge is 2.20. The van der Waals surface area contributed by atoms with Gasteiger partial charge in [0.15, 0.2) is 0 Å². The summed E-state index contributed by atoms with van der Waals surface area (Å²) in [6, 6.07) is 9.08. The van der Waals surface area contributed by atoms with Crippen molar-refractivity contribution in [2.75, 3.05) is 7.11 Å². The topological polar surface area (TPSA) is 56.2 Å². The fourth-order valence-electron chi connectivity index (χ4n) is 2.09. The lowest BCUT2D eigenvalue weighted by atomic mass is 10.1. The fraction of sp³-hybridized carbons (Fsp3) is 0.333. The van der Waals surface area contributed by atoms with Crippen LogP contribution in [-0.4, -0.2) is 22.6 Å². The van der Waals surface area contributed by atoms with E-state index in [0.29, 0.717) is 6.54 Å². The first kappa shape index (κ1) is 14.3. The Labute approximate surface area is 118 Å². The minimum atomic E-state index is -0.471. The third kappa shape index (κ3) is 3.24. The minimum absolute atomic E-state index is 0.293. The molecule has 0 spiro atoms. The maximum absolute atomic E-state index is 11.9. The van der Waals surface area contributed by atoms with Gasteiger partial charge < -0.3 is 9.30 Å². The van der Waals surface area contributed by atoms with Crippen LogP contribution in [0.4, 0.5) is 0 Å². The Balaban J connectivity index is 2.11. The van der Waals surface area contributed by atoms with Gasteiger partial charge >= 0.3 is 5.97 Å². The molecule has 1 atom stereocenters. The number of carbonyl (C=O) groups excluding carboxylic acids is 1. The highest BCUT2D eigenvalue weighted by atomic mass is 16.5. The second-order valence-corrected chi connectivity index (χ2v) is 4.42. The van der Waals surface area contributed by atoms with Crippen LogP contribution in [0.5, 0.6) is 0 Å². The van der Waals surface area contributed by atoms with Crippen LogP contribution in [-0.2, 0) is 22.6 Å². The van der Waals surface area contributed by atoms with Crippen molar-refractivity contribution in [1.29, 1.82) is 0 Å². The molecule has 1 N–H and O–H groups in total. The Morgan fingerprint density at radius 2 is 2.15 bits per heavy atom. The number of esters is 1. The van der Waals surface area contributed by atoms with Gasteiger partial charge in [-0.1, -0.05) is 30.3 Å². The molecule has 0 radical (unpaired) electrons. The summed E-state index contributed by atoms with van der Waals surface area (Å²) in [5, 5.41) is 3.23. The number of imidazole rings is 1. The van der Waals surface area contributed by atoms with Crippen molar-refractivity contribution in [2.24, 2.45) is 0 Å². The summed E-state index contributed by atoms with van der Waals surface area (Å²) in [6.45, 7) is 3.47. The van der Waals surface area contributed by atoms with Gasteiger partial charge in [-0.3, -0.25) is 5.32 Å². The highest BCUT2D eigenvalue weighted by Crippen LogP contribution is 2.15. The van der Waals surface area contributed by atoms with Crippen LogP contribution in [0.3, 0.4) is 0 Å². The van der Waals surface area contributed by atoms with E-state index in [1.165, 1.54) is 7.11 Å². The second-order valence-electron chi connectivity index (χ2n) is 4.42. The van der Waals surface area contributed by atoms with Crippen LogP contribution in [0.1, 0.15) is 24.2 Å². The zero-order valence-corrected chi connectivity index (χ0v) is 11.7. The molecule has 0 aliphatic carbocycles. The van der Waals surface area contributed by atoms with Crippen molar-refractivity contribution in [3.05, 3.63) is 54.1 Å². The van der Waals surface area contributed by atoms with Crippen LogP contribution in [0.15, 0.2) is 42.9 Å². The van der Waals surface area contributed by atoms with E-state index >= 15 is 0 Å². The number of methoxy groups -OCH3 is 1. The van der Waals surface area contributed by atoms with E-state index in [-0.39, 0.29) is 5.97 Å². The molecule has 2 rings (SSSR count). The van der Waals surface area contributed by atoms with E-state index in [1.807, 2.05) is 34.9 Å². The fourth-order valence-corrected chi connectivity index (χ4v) is 2.09. The maximum atomic E-state index is 11.9. The number of rotatable bonds is 6. The van der Waals surface area contributed by atoms with Crippen molar-refractivity contribution in [2.45, 2.75) is 26.1 Å². The molecule has 106 valence electrons. The van der Waals surface area contributed by atoms with Gasteiger partial charge in [0.25, 0.3) is 0 Å². The lowest BCUT2D eigenvalue weighted by molar-refractivity contribution is -0.143. The molecule has 0 bridgehead atoms. The van der Waals surface area contributed by atoms with E-state index in [9.17, 15) is 4.79 Å². The van der Waals surface area contributed by atoms with Crippen molar-refractivity contribution in [3.63, 3.8) is 0 Å². The summed E-state index contributed by atoms with van der Waals surface area (Å²) in [4.78, 5) is 16.0. The van der Waals surface area contributed by atoms with Crippen molar-refractivity contribution >= 4 is 5.97 Å². The highest BCUT2D eigenvalue weighted by molar-refractivity contribution is 5.77. The van der Waals surface area contributed by atoms with Crippen LogP contribution in [0.25, 0.3) is 0 Å².